The normalized spacial score (nSPS) is 19.1. The maximum Gasteiger partial charge on any atom is 0.244 e. The summed E-state index contributed by atoms with van der Waals surface area (Å²) in [5.74, 6) is -0.173. The first-order chi connectivity index (χ1) is 14.3. The lowest BCUT2D eigenvalue weighted by molar-refractivity contribution is -0.124. The number of halogens is 2. The number of morpholine rings is 1. The molecule has 0 spiro atoms. The minimum atomic E-state index is -3.78. The van der Waals surface area contributed by atoms with Crippen molar-refractivity contribution < 1.29 is 17.9 Å². The van der Waals surface area contributed by atoms with E-state index in [1.54, 1.807) is 12.1 Å². The molecule has 1 aliphatic heterocycles. The molecule has 0 aromatic heterocycles. The summed E-state index contributed by atoms with van der Waals surface area (Å²) in [7, 11) is -3.78. The summed E-state index contributed by atoms with van der Waals surface area (Å²) in [6.45, 7) is 1.23. The molecule has 6 nitrogen and oxygen atoms in total. The maximum atomic E-state index is 13.2. The van der Waals surface area contributed by atoms with Crippen LogP contribution < -0.4 is 5.32 Å². The highest BCUT2D eigenvalue weighted by atomic mass is 35.5. The number of amides is 1. The summed E-state index contributed by atoms with van der Waals surface area (Å²) >= 11 is 12.3. The van der Waals surface area contributed by atoms with Crippen LogP contribution in [0.5, 0.6) is 0 Å². The van der Waals surface area contributed by atoms with Crippen molar-refractivity contribution in [2.24, 2.45) is 0 Å². The SMILES string of the molecule is O=C(Nc1ccc(Cl)c(S(=O)(=O)N2CCOCC2)c1)C1(c2cccc(Cl)c2)CCC1. The number of hydrogen-bond acceptors (Lipinski definition) is 4. The summed E-state index contributed by atoms with van der Waals surface area (Å²) in [6.07, 6.45) is 2.37. The van der Waals surface area contributed by atoms with E-state index in [9.17, 15) is 13.2 Å². The molecule has 1 aliphatic carbocycles. The van der Waals surface area contributed by atoms with Gasteiger partial charge < -0.3 is 10.1 Å². The Hall–Kier alpha value is -1.64. The Balaban J connectivity index is 1.61. The number of ether oxygens (including phenoxy) is 1. The van der Waals surface area contributed by atoms with Crippen LogP contribution in [0.2, 0.25) is 10.0 Å². The lowest BCUT2D eigenvalue weighted by Gasteiger charge is -2.40. The fraction of sp³-hybridized carbons (Fsp3) is 0.381. The molecule has 0 unspecified atom stereocenters. The Kier molecular flexibility index (Phi) is 6.10. The highest BCUT2D eigenvalue weighted by molar-refractivity contribution is 7.89. The van der Waals surface area contributed by atoms with Gasteiger partial charge in [0.1, 0.15) is 4.90 Å². The van der Waals surface area contributed by atoms with Gasteiger partial charge in [-0.3, -0.25) is 4.79 Å². The largest absolute Gasteiger partial charge is 0.379 e. The molecule has 0 radical (unpaired) electrons. The quantitative estimate of drug-likeness (QED) is 0.717. The second kappa shape index (κ2) is 8.48. The van der Waals surface area contributed by atoms with Gasteiger partial charge in [-0.25, -0.2) is 8.42 Å². The van der Waals surface area contributed by atoms with Crippen LogP contribution in [0.1, 0.15) is 24.8 Å². The molecule has 0 bridgehead atoms. The second-order valence-electron chi connectivity index (χ2n) is 7.56. The second-order valence-corrected chi connectivity index (χ2v) is 10.3. The zero-order chi connectivity index (χ0) is 21.4. The van der Waals surface area contributed by atoms with Crippen LogP contribution in [0, 0.1) is 0 Å². The fourth-order valence-electron chi connectivity index (χ4n) is 3.92. The van der Waals surface area contributed by atoms with E-state index in [0.29, 0.717) is 36.8 Å². The van der Waals surface area contributed by atoms with Crippen LogP contribution in [0.15, 0.2) is 47.4 Å². The lowest BCUT2D eigenvalue weighted by atomic mass is 9.64. The molecule has 1 saturated heterocycles. The van der Waals surface area contributed by atoms with Gasteiger partial charge in [-0.2, -0.15) is 4.31 Å². The number of hydrogen-bond donors (Lipinski definition) is 1. The number of nitrogens with one attached hydrogen (secondary N) is 1. The summed E-state index contributed by atoms with van der Waals surface area (Å²) in [6, 6.07) is 11.9. The van der Waals surface area contributed by atoms with Crippen molar-refractivity contribution in [3.63, 3.8) is 0 Å². The smallest absolute Gasteiger partial charge is 0.244 e. The van der Waals surface area contributed by atoms with E-state index < -0.39 is 15.4 Å². The number of benzene rings is 2. The number of sulfonamides is 1. The van der Waals surface area contributed by atoms with Gasteiger partial charge in [-0.15, -0.1) is 0 Å². The standard InChI is InChI=1S/C21H22Cl2N2O4S/c22-16-4-1-3-15(13-16)21(7-2-8-21)20(26)24-17-5-6-18(23)19(14-17)30(27,28)25-9-11-29-12-10-25/h1,3-6,13-14H,2,7-12H2,(H,24,26). The third-order valence-electron chi connectivity index (χ3n) is 5.80. The molecule has 4 rings (SSSR count). The molecule has 2 aromatic carbocycles. The van der Waals surface area contributed by atoms with Crippen LogP contribution in [0.4, 0.5) is 5.69 Å². The summed E-state index contributed by atoms with van der Waals surface area (Å²) in [5, 5.41) is 3.60. The zero-order valence-corrected chi connectivity index (χ0v) is 18.6. The van der Waals surface area contributed by atoms with Gasteiger partial charge in [-0.05, 0) is 48.7 Å². The Bertz CT molecular complexity index is 1060. The molecule has 2 aromatic rings. The fourth-order valence-corrected chi connectivity index (χ4v) is 6.02. The predicted octanol–water partition coefficient (Wildman–Crippen LogP) is 4.07. The number of rotatable bonds is 5. The van der Waals surface area contributed by atoms with Crippen LogP contribution >= 0.6 is 23.2 Å². The van der Waals surface area contributed by atoms with Crippen molar-refractivity contribution >= 4 is 44.8 Å². The number of carbonyl (C=O) groups is 1. The molecule has 0 atom stereocenters. The van der Waals surface area contributed by atoms with Crippen LogP contribution in [-0.2, 0) is 25.0 Å². The number of nitrogens with zero attached hydrogens (tertiary/aromatic N) is 1. The van der Waals surface area contributed by atoms with Gasteiger partial charge >= 0.3 is 0 Å². The number of anilines is 1. The van der Waals surface area contributed by atoms with Gasteiger partial charge in [0.15, 0.2) is 0 Å². The molecular formula is C21H22Cl2N2O4S. The molecule has 1 amide bonds. The molecule has 160 valence electrons. The van der Waals surface area contributed by atoms with E-state index in [1.165, 1.54) is 16.4 Å². The van der Waals surface area contributed by atoms with Crippen LogP contribution in [-0.4, -0.2) is 44.9 Å². The van der Waals surface area contributed by atoms with Crippen molar-refractivity contribution in [2.75, 3.05) is 31.6 Å². The molecule has 2 fully saturated rings. The average Bonchev–Trinajstić information content (AvgIpc) is 2.69. The van der Waals surface area contributed by atoms with Crippen molar-refractivity contribution in [1.82, 2.24) is 4.31 Å². The third-order valence-corrected chi connectivity index (χ3v) is 8.41. The van der Waals surface area contributed by atoms with E-state index >= 15 is 0 Å². The summed E-state index contributed by atoms with van der Waals surface area (Å²) < 4.78 is 32.6. The first-order valence-corrected chi connectivity index (χ1v) is 12.0. The minimum Gasteiger partial charge on any atom is -0.379 e. The number of carbonyl (C=O) groups excluding carboxylic acids is 1. The minimum absolute atomic E-state index is 0.0192. The predicted molar refractivity (Wildman–Crippen MR) is 117 cm³/mol. The Morgan fingerprint density at radius 1 is 1.07 bits per heavy atom. The maximum absolute atomic E-state index is 13.2. The van der Waals surface area contributed by atoms with Crippen molar-refractivity contribution in [3.8, 4) is 0 Å². The zero-order valence-electron chi connectivity index (χ0n) is 16.2. The van der Waals surface area contributed by atoms with Crippen LogP contribution in [0.25, 0.3) is 0 Å². The van der Waals surface area contributed by atoms with E-state index in [1.807, 2.05) is 18.2 Å². The first kappa shape index (κ1) is 21.6. The molecular weight excluding hydrogens is 447 g/mol. The lowest BCUT2D eigenvalue weighted by Crippen LogP contribution is -2.46. The van der Waals surface area contributed by atoms with Gasteiger partial charge in [0, 0.05) is 23.8 Å². The van der Waals surface area contributed by atoms with E-state index in [0.717, 1.165) is 12.0 Å². The monoisotopic (exact) mass is 468 g/mol. The van der Waals surface area contributed by atoms with Crippen molar-refractivity contribution in [2.45, 2.75) is 29.6 Å². The molecule has 1 saturated carbocycles. The molecule has 2 aliphatic rings. The first-order valence-electron chi connectivity index (χ1n) is 9.78. The summed E-state index contributed by atoms with van der Waals surface area (Å²) in [4.78, 5) is 13.2. The van der Waals surface area contributed by atoms with Gasteiger partial charge in [0.25, 0.3) is 0 Å². The Labute approximate surface area is 186 Å². The van der Waals surface area contributed by atoms with Gasteiger partial charge in [0.2, 0.25) is 15.9 Å². The van der Waals surface area contributed by atoms with Crippen molar-refractivity contribution in [3.05, 3.63) is 58.1 Å². The molecule has 9 heteroatoms. The summed E-state index contributed by atoms with van der Waals surface area (Å²) in [5.41, 5.74) is 0.603. The van der Waals surface area contributed by atoms with E-state index in [2.05, 4.69) is 5.32 Å². The highest BCUT2D eigenvalue weighted by Gasteiger charge is 2.45. The van der Waals surface area contributed by atoms with E-state index in [-0.39, 0.29) is 28.9 Å². The van der Waals surface area contributed by atoms with E-state index in [4.69, 9.17) is 27.9 Å². The average molecular weight is 469 g/mol. The molecule has 1 N–H and O–H groups in total. The van der Waals surface area contributed by atoms with Gasteiger partial charge in [-0.1, -0.05) is 41.8 Å². The Morgan fingerprint density at radius 3 is 2.43 bits per heavy atom. The van der Waals surface area contributed by atoms with Crippen LogP contribution in [0.3, 0.4) is 0 Å². The topological polar surface area (TPSA) is 75.7 Å². The van der Waals surface area contributed by atoms with Crippen molar-refractivity contribution in [1.29, 1.82) is 0 Å². The highest BCUT2D eigenvalue weighted by Crippen LogP contribution is 2.45. The molecule has 30 heavy (non-hydrogen) atoms. The Morgan fingerprint density at radius 2 is 1.80 bits per heavy atom. The molecule has 1 heterocycles. The third kappa shape index (κ3) is 3.97. The van der Waals surface area contributed by atoms with Gasteiger partial charge in [0.05, 0.1) is 23.7 Å².